The van der Waals surface area contributed by atoms with Crippen molar-refractivity contribution in [1.82, 2.24) is 0 Å². The number of hydrogen-bond donors (Lipinski definition) is 1. The van der Waals surface area contributed by atoms with Crippen molar-refractivity contribution in [3.8, 4) is 22.3 Å². The number of carbonyl (C=O) groups excluding carboxylic acids is 1. The van der Waals surface area contributed by atoms with Gasteiger partial charge in [-0.1, -0.05) is 227 Å². The van der Waals surface area contributed by atoms with Crippen LogP contribution in [0.15, 0.2) is 147 Å². The summed E-state index contributed by atoms with van der Waals surface area (Å²) in [7, 11) is 0. The van der Waals surface area contributed by atoms with E-state index in [1.165, 1.54) is 173 Å². The van der Waals surface area contributed by atoms with Crippen LogP contribution in [0.1, 0.15) is 194 Å². The van der Waals surface area contributed by atoms with Gasteiger partial charge in [0.15, 0.2) is 0 Å². The highest BCUT2D eigenvalue weighted by Crippen LogP contribution is 2.56. The molecule has 2 N–H and O–H groups in total. The van der Waals surface area contributed by atoms with Gasteiger partial charge in [0.05, 0.1) is 5.69 Å². The van der Waals surface area contributed by atoms with Gasteiger partial charge in [0.25, 0.3) is 0 Å². The van der Waals surface area contributed by atoms with Crippen molar-refractivity contribution in [3.63, 3.8) is 0 Å². The summed E-state index contributed by atoms with van der Waals surface area (Å²) in [4.78, 5) is 16.3. The summed E-state index contributed by atoms with van der Waals surface area (Å²) >= 11 is 6.90. The number of halogens is 2. The fourth-order valence-corrected chi connectivity index (χ4v) is 11.7. The molecule has 0 heterocycles. The third kappa shape index (κ3) is 13.6. The number of para-hydroxylation sites is 2. The number of nitrogen functional groups attached to an aromatic ring is 1. The number of anilines is 1. The molecule has 2 aliphatic carbocycles. The van der Waals surface area contributed by atoms with Crippen LogP contribution in [0.2, 0.25) is 0 Å². The van der Waals surface area contributed by atoms with Crippen LogP contribution in [0.4, 0.5) is 11.4 Å². The SMILES string of the molecule is CCCCCCC1(CCCCCC)c2ccccc2-c2ccc(C=Nc3ccccc3Br)cc21.CCCCCCC1(CCCCCC)c2ccccc2-c2ccc(C=O)cc21.Nc1ccccc1Br. The van der Waals surface area contributed by atoms with E-state index in [4.69, 9.17) is 10.7 Å². The normalized spacial score (nSPS) is 13.4. The Labute approximate surface area is 433 Å². The standard InChI is InChI=1S/C32H38BrN.C26H34O.C6H6BrN/c1-3-5-7-13-21-32(22-14-8-6-4-2)28-16-10-9-15-26(28)27-20-19-25(23-29(27)32)24-34-31-18-12-11-17-30(31)33;1-3-5-7-11-17-26(18-12-8-6-4-2)24-14-10-9-13-22(24)23-16-15-21(20-27)19-25(23)26;7-5-3-1-2-4-6(5)8/h9-12,15-20,23-24H,3-8,13-14,21-22H2,1-2H3;9-10,13-16,19-20H,3-8,11-12,17-18H2,1-2H3;1-4H,8H2. The van der Waals surface area contributed by atoms with Crippen molar-refractivity contribution in [2.24, 2.45) is 4.99 Å². The van der Waals surface area contributed by atoms with Crippen LogP contribution in [0.5, 0.6) is 0 Å². The van der Waals surface area contributed by atoms with Crippen LogP contribution >= 0.6 is 31.9 Å². The molecule has 8 rings (SSSR count). The topological polar surface area (TPSA) is 55.5 Å². The highest BCUT2D eigenvalue weighted by Gasteiger charge is 2.43. The predicted octanol–water partition coefficient (Wildman–Crippen LogP) is 20.1. The van der Waals surface area contributed by atoms with Gasteiger partial charge in [0.2, 0.25) is 0 Å². The van der Waals surface area contributed by atoms with Crippen LogP contribution in [-0.2, 0) is 10.8 Å². The van der Waals surface area contributed by atoms with Gasteiger partial charge in [0, 0.05) is 37.2 Å². The molecule has 2 aliphatic rings. The number of aliphatic imine (C=N–C) groups is 1. The molecule has 0 aliphatic heterocycles. The van der Waals surface area contributed by atoms with Gasteiger partial charge in [0.1, 0.15) is 6.29 Å². The van der Waals surface area contributed by atoms with Gasteiger partial charge >= 0.3 is 0 Å². The number of rotatable bonds is 23. The zero-order valence-corrected chi connectivity index (χ0v) is 45.4. The maximum Gasteiger partial charge on any atom is 0.150 e. The first-order chi connectivity index (χ1) is 33.8. The molecule has 0 spiro atoms. The first-order valence-corrected chi connectivity index (χ1v) is 28.1. The lowest BCUT2D eigenvalue weighted by Gasteiger charge is -2.33. The molecule has 364 valence electrons. The van der Waals surface area contributed by atoms with E-state index in [-0.39, 0.29) is 10.8 Å². The Hall–Kier alpha value is -4.58. The third-order valence-electron chi connectivity index (χ3n) is 14.7. The fraction of sp³-hybridized carbons (Fsp3) is 0.406. The molecule has 0 unspecified atom stereocenters. The Kier molecular flexibility index (Phi) is 21.6. The molecule has 0 radical (unpaired) electrons. The fourth-order valence-electron chi connectivity index (χ4n) is 11.0. The van der Waals surface area contributed by atoms with E-state index < -0.39 is 0 Å². The lowest BCUT2D eigenvalue weighted by molar-refractivity contribution is 0.112. The second-order valence-corrected chi connectivity index (χ2v) is 21.2. The first kappa shape index (κ1) is 53.8. The highest BCUT2D eigenvalue weighted by atomic mass is 79.9. The van der Waals surface area contributed by atoms with Crippen molar-refractivity contribution in [2.45, 2.75) is 167 Å². The average Bonchev–Trinajstić information content (AvgIpc) is 3.81. The summed E-state index contributed by atoms with van der Waals surface area (Å²) in [6.07, 6.45) is 28.7. The highest BCUT2D eigenvalue weighted by molar-refractivity contribution is 9.11. The number of aldehydes is 1. The minimum absolute atomic E-state index is 0.0897. The number of unbranched alkanes of at least 4 members (excludes halogenated alkanes) is 12. The molecule has 0 saturated carbocycles. The number of fused-ring (bicyclic) bond motifs is 6. The van der Waals surface area contributed by atoms with Crippen molar-refractivity contribution >= 4 is 55.7 Å². The second kappa shape index (κ2) is 27.7. The molecule has 0 saturated heterocycles. The summed E-state index contributed by atoms with van der Waals surface area (Å²) in [5, 5.41) is 0. The maximum absolute atomic E-state index is 11.5. The molecule has 6 aromatic rings. The Morgan fingerprint density at radius 2 is 0.826 bits per heavy atom. The Morgan fingerprint density at radius 1 is 0.435 bits per heavy atom. The number of nitrogens with two attached hydrogens (primary N) is 1. The molecular weight excluding hydrogens is 973 g/mol. The van der Waals surface area contributed by atoms with E-state index in [2.05, 4.69) is 144 Å². The predicted molar refractivity (Wildman–Crippen MR) is 306 cm³/mol. The molecule has 69 heavy (non-hydrogen) atoms. The zero-order chi connectivity index (χ0) is 48.9. The minimum Gasteiger partial charge on any atom is -0.398 e. The summed E-state index contributed by atoms with van der Waals surface area (Å²) in [6.45, 7) is 9.16. The van der Waals surface area contributed by atoms with Crippen molar-refractivity contribution in [3.05, 3.63) is 176 Å². The second-order valence-electron chi connectivity index (χ2n) is 19.5. The third-order valence-corrected chi connectivity index (χ3v) is 16.1. The van der Waals surface area contributed by atoms with Crippen LogP contribution in [0.25, 0.3) is 22.3 Å². The summed E-state index contributed by atoms with van der Waals surface area (Å²) in [5.41, 5.74) is 21.0. The number of carbonyl (C=O) groups is 1. The van der Waals surface area contributed by atoms with Gasteiger partial charge in [-0.3, -0.25) is 9.79 Å². The van der Waals surface area contributed by atoms with Gasteiger partial charge < -0.3 is 5.73 Å². The summed E-state index contributed by atoms with van der Waals surface area (Å²) in [5.74, 6) is 0. The van der Waals surface area contributed by atoms with E-state index in [0.29, 0.717) is 0 Å². The van der Waals surface area contributed by atoms with E-state index in [1.807, 2.05) is 54.7 Å². The minimum atomic E-state index is 0.0897. The Bertz CT molecular complexity index is 2510. The summed E-state index contributed by atoms with van der Waals surface area (Å²) < 4.78 is 1.99. The first-order valence-electron chi connectivity index (χ1n) is 26.5. The average molecular weight is 1050 g/mol. The quantitative estimate of drug-likeness (QED) is 0.0301. The lowest BCUT2D eigenvalue weighted by atomic mass is 9.70. The maximum atomic E-state index is 11.5. The molecule has 3 nitrogen and oxygen atoms in total. The van der Waals surface area contributed by atoms with E-state index >= 15 is 0 Å². The number of benzene rings is 6. The van der Waals surface area contributed by atoms with Crippen molar-refractivity contribution in [2.75, 3.05) is 5.73 Å². The van der Waals surface area contributed by atoms with Gasteiger partial charge in [-0.2, -0.15) is 0 Å². The smallest absolute Gasteiger partial charge is 0.150 e. The zero-order valence-electron chi connectivity index (χ0n) is 42.2. The van der Waals surface area contributed by atoms with Crippen LogP contribution in [0, 0.1) is 0 Å². The van der Waals surface area contributed by atoms with E-state index in [9.17, 15) is 4.79 Å². The molecule has 6 aromatic carbocycles. The molecule has 0 atom stereocenters. The van der Waals surface area contributed by atoms with Crippen molar-refractivity contribution in [1.29, 1.82) is 0 Å². The van der Waals surface area contributed by atoms with Crippen LogP contribution in [0.3, 0.4) is 0 Å². The Morgan fingerprint density at radius 3 is 1.25 bits per heavy atom. The van der Waals surface area contributed by atoms with Crippen LogP contribution in [-0.4, -0.2) is 12.5 Å². The van der Waals surface area contributed by atoms with Gasteiger partial charge in [-0.05, 0) is 144 Å². The van der Waals surface area contributed by atoms with E-state index in [1.54, 1.807) is 5.56 Å². The molecule has 0 aromatic heterocycles. The number of nitrogens with zero attached hydrogens (tertiary/aromatic N) is 1. The van der Waals surface area contributed by atoms with Gasteiger partial charge in [-0.25, -0.2) is 0 Å². The molecule has 0 amide bonds. The van der Waals surface area contributed by atoms with Crippen LogP contribution < -0.4 is 5.73 Å². The largest absolute Gasteiger partial charge is 0.398 e. The molecular formula is C64H78Br2N2O. The molecule has 0 fully saturated rings. The lowest BCUT2D eigenvalue weighted by Crippen LogP contribution is -2.25. The van der Waals surface area contributed by atoms with Crippen molar-refractivity contribution < 1.29 is 4.79 Å². The van der Waals surface area contributed by atoms with E-state index in [0.717, 1.165) is 32.2 Å². The van der Waals surface area contributed by atoms with Gasteiger partial charge in [-0.15, -0.1) is 0 Å². The monoisotopic (exact) mass is 1050 g/mol. The molecule has 5 heteroatoms. The Balaban J connectivity index is 0.000000199. The number of hydrogen-bond acceptors (Lipinski definition) is 3. The molecule has 0 bridgehead atoms. The summed E-state index contributed by atoms with van der Waals surface area (Å²) in [6, 6.07) is 47.3.